The number of anilines is 2. The lowest BCUT2D eigenvalue weighted by Crippen LogP contribution is -2.14. The highest BCUT2D eigenvalue weighted by Gasteiger charge is 2.21. The standard InChI is InChI=1S/C24H15FN4O2S/c25-17-5-7-21-19(10-17)24(31)29-20-9-15(4-6-22(20)32-21)23(30)28-18-3-1-2-14(8-18)16-11-26-13-27-12-16/h1-13H,(H,28,30)(H,29,31). The Labute approximate surface area is 186 Å². The SMILES string of the molecule is O=C(Nc1cccc(-c2cncnc2)c1)c1ccc2c(c1)NC(=O)c1cc(F)ccc1S2. The van der Waals surface area contributed by atoms with Gasteiger partial charge in [-0.05, 0) is 54.1 Å². The third-order valence-corrected chi connectivity index (χ3v) is 6.06. The molecule has 2 N–H and O–H groups in total. The molecule has 1 aromatic heterocycles. The molecular weight excluding hydrogens is 427 g/mol. The third kappa shape index (κ3) is 3.95. The van der Waals surface area contributed by atoms with Crippen LogP contribution in [-0.2, 0) is 0 Å². The predicted octanol–water partition coefficient (Wildman–Crippen LogP) is 5.25. The largest absolute Gasteiger partial charge is 0.322 e. The number of hydrogen-bond donors (Lipinski definition) is 2. The quantitative estimate of drug-likeness (QED) is 0.453. The zero-order valence-electron chi connectivity index (χ0n) is 16.5. The van der Waals surface area contributed by atoms with Crippen molar-refractivity contribution in [2.45, 2.75) is 9.79 Å². The molecule has 3 aromatic carbocycles. The first-order valence-corrected chi connectivity index (χ1v) is 10.5. The fraction of sp³-hybridized carbons (Fsp3) is 0. The summed E-state index contributed by atoms with van der Waals surface area (Å²) in [4.78, 5) is 34.9. The number of halogens is 1. The summed E-state index contributed by atoms with van der Waals surface area (Å²) in [5.41, 5.74) is 3.48. The van der Waals surface area contributed by atoms with E-state index in [1.807, 2.05) is 18.2 Å². The molecule has 0 aliphatic carbocycles. The van der Waals surface area contributed by atoms with Crippen LogP contribution in [0.3, 0.4) is 0 Å². The van der Waals surface area contributed by atoms with Gasteiger partial charge in [-0.1, -0.05) is 23.9 Å². The van der Waals surface area contributed by atoms with Crippen LogP contribution in [0.25, 0.3) is 11.1 Å². The Kier molecular flexibility index (Phi) is 5.12. The Morgan fingerprint density at radius 2 is 1.75 bits per heavy atom. The maximum atomic E-state index is 13.6. The first-order chi connectivity index (χ1) is 15.6. The summed E-state index contributed by atoms with van der Waals surface area (Å²) in [6, 6.07) is 16.6. The average molecular weight is 442 g/mol. The molecule has 32 heavy (non-hydrogen) atoms. The summed E-state index contributed by atoms with van der Waals surface area (Å²) in [6.07, 6.45) is 4.86. The average Bonchev–Trinajstić information content (AvgIpc) is 2.95. The Morgan fingerprint density at radius 1 is 0.938 bits per heavy atom. The highest BCUT2D eigenvalue weighted by Crippen LogP contribution is 2.39. The molecule has 0 spiro atoms. The van der Waals surface area contributed by atoms with Crippen LogP contribution < -0.4 is 10.6 Å². The van der Waals surface area contributed by atoms with E-state index >= 15 is 0 Å². The Balaban J connectivity index is 1.39. The van der Waals surface area contributed by atoms with Gasteiger partial charge in [0.1, 0.15) is 12.1 Å². The summed E-state index contributed by atoms with van der Waals surface area (Å²) >= 11 is 1.35. The number of fused-ring (bicyclic) bond motifs is 2. The van der Waals surface area contributed by atoms with Gasteiger partial charge in [0.2, 0.25) is 0 Å². The normalized spacial score (nSPS) is 12.2. The second-order valence-electron chi connectivity index (χ2n) is 7.07. The molecule has 0 bridgehead atoms. The van der Waals surface area contributed by atoms with Gasteiger partial charge >= 0.3 is 0 Å². The number of amides is 2. The first kappa shape index (κ1) is 19.9. The molecule has 0 saturated heterocycles. The van der Waals surface area contributed by atoms with Gasteiger partial charge in [0.25, 0.3) is 11.8 Å². The van der Waals surface area contributed by atoms with Gasteiger partial charge in [-0.15, -0.1) is 0 Å². The predicted molar refractivity (Wildman–Crippen MR) is 120 cm³/mol. The van der Waals surface area contributed by atoms with Crippen LogP contribution >= 0.6 is 11.8 Å². The number of hydrogen-bond acceptors (Lipinski definition) is 5. The summed E-state index contributed by atoms with van der Waals surface area (Å²) in [6.45, 7) is 0. The van der Waals surface area contributed by atoms with Crippen LogP contribution in [0, 0.1) is 5.82 Å². The van der Waals surface area contributed by atoms with Crippen LogP contribution in [0.4, 0.5) is 15.8 Å². The van der Waals surface area contributed by atoms with Crippen LogP contribution in [0.1, 0.15) is 20.7 Å². The van der Waals surface area contributed by atoms with Crippen molar-refractivity contribution < 1.29 is 14.0 Å². The van der Waals surface area contributed by atoms with Crippen LogP contribution in [0.5, 0.6) is 0 Å². The topological polar surface area (TPSA) is 84.0 Å². The molecule has 2 heterocycles. The number of aromatic nitrogens is 2. The van der Waals surface area contributed by atoms with E-state index in [2.05, 4.69) is 20.6 Å². The van der Waals surface area contributed by atoms with E-state index in [0.29, 0.717) is 21.8 Å². The molecule has 0 unspecified atom stereocenters. The molecule has 6 nitrogen and oxygen atoms in total. The second kappa shape index (κ2) is 8.24. The van der Waals surface area contributed by atoms with E-state index in [4.69, 9.17) is 0 Å². The maximum Gasteiger partial charge on any atom is 0.256 e. The fourth-order valence-corrected chi connectivity index (χ4v) is 4.35. The first-order valence-electron chi connectivity index (χ1n) is 9.66. The van der Waals surface area contributed by atoms with Gasteiger partial charge in [0, 0.05) is 39.0 Å². The van der Waals surface area contributed by atoms with Crippen molar-refractivity contribution in [2.24, 2.45) is 0 Å². The minimum atomic E-state index is -0.477. The summed E-state index contributed by atoms with van der Waals surface area (Å²) < 4.78 is 13.6. The van der Waals surface area contributed by atoms with E-state index in [1.54, 1.807) is 42.7 Å². The monoisotopic (exact) mass is 442 g/mol. The fourth-order valence-electron chi connectivity index (χ4n) is 3.36. The molecule has 1 aliphatic rings. The van der Waals surface area contributed by atoms with Crippen molar-refractivity contribution in [1.29, 1.82) is 0 Å². The van der Waals surface area contributed by atoms with Crippen LogP contribution in [0.2, 0.25) is 0 Å². The Morgan fingerprint density at radius 3 is 2.59 bits per heavy atom. The molecule has 2 amide bonds. The lowest BCUT2D eigenvalue weighted by molar-refractivity contribution is 0.101. The van der Waals surface area contributed by atoms with E-state index in [0.717, 1.165) is 16.0 Å². The van der Waals surface area contributed by atoms with Gasteiger partial charge in [0.15, 0.2) is 0 Å². The second-order valence-corrected chi connectivity index (χ2v) is 8.15. The van der Waals surface area contributed by atoms with Crippen molar-refractivity contribution in [3.05, 3.63) is 96.3 Å². The Bertz CT molecular complexity index is 1360. The van der Waals surface area contributed by atoms with Gasteiger partial charge in [-0.3, -0.25) is 9.59 Å². The highest BCUT2D eigenvalue weighted by atomic mass is 32.2. The maximum absolute atomic E-state index is 13.6. The van der Waals surface area contributed by atoms with Crippen molar-refractivity contribution in [3.8, 4) is 11.1 Å². The van der Waals surface area contributed by atoms with Gasteiger partial charge < -0.3 is 10.6 Å². The van der Waals surface area contributed by atoms with E-state index in [1.165, 1.54) is 30.2 Å². The van der Waals surface area contributed by atoms with Crippen molar-refractivity contribution in [2.75, 3.05) is 10.6 Å². The van der Waals surface area contributed by atoms with Gasteiger partial charge in [-0.2, -0.15) is 0 Å². The minimum absolute atomic E-state index is 0.263. The number of rotatable bonds is 3. The number of nitrogens with zero attached hydrogens (tertiary/aromatic N) is 2. The molecule has 156 valence electrons. The zero-order valence-corrected chi connectivity index (χ0v) is 17.3. The molecule has 4 aromatic rings. The molecule has 5 rings (SSSR count). The molecule has 0 atom stereocenters. The van der Waals surface area contributed by atoms with E-state index in [-0.39, 0.29) is 11.5 Å². The van der Waals surface area contributed by atoms with E-state index < -0.39 is 11.7 Å². The van der Waals surface area contributed by atoms with Crippen molar-refractivity contribution in [3.63, 3.8) is 0 Å². The molecule has 8 heteroatoms. The van der Waals surface area contributed by atoms with Gasteiger partial charge in [0.05, 0.1) is 11.3 Å². The summed E-state index contributed by atoms with van der Waals surface area (Å²) in [5.74, 6) is -1.21. The lowest BCUT2D eigenvalue weighted by Gasteiger charge is -2.10. The van der Waals surface area contributed by atoms with Crippen molar-refractivity contribution >= 4 is 35.0 Å². The number of carbonyl (C=O) groups excluding carboxylic acids is 2. The smallest absolute Gasteiger partial charge is 0.256 e. The number of nitrogens with one attached hydrogen (secondary N) is 2. The summed E-state index contributed by atoms with van der Waals surface area (Å²) in [5, 5.41) is 5.65. The van der Waals surface area contributed by atoms with Crippen molar-refractivity contribution in [1.82, 2.24) is 9.97 Å². The minimum Gasteiger partial charge on any atom is -0.322 e. The molecule has 0 fully saturated rings. The third-order valence-electron chi connectivity index (χ3n) is 4.91. The van der Waals surface area contributed by atoms with Gasteiger partial charge in [-0.25, -0.2) is 14.4 Å². The Hall–Kier alpha value is -4.04. The lowest BCUT2D eigenvalue weighted by atomic mass is 10.1. The number of carbonyl (C=O) groups is 2. The van der Waals surface area contributed by atoms with Crippen LogP contribution in [-0.4, -0.2) is 21.8 Å². The van der Waals surface area contributed by atoms with E-state index in [9.17, 15) is 14.0 Å². The molecule has 0 radical (unpaired) electrons. The summed E-state index contributed by atoms with van der Waals surface area (Å²) in [7, 11) is 0. The molecule has 1 aliphatic heterocycles. The van der Waals surface area contributed by atoms with Crippen LogP contribution in [0.15, 0.2) is 89.2 Å². The highest BCUT2D eigenvalue weighted by molar-refractivity contribution is 7.99. The molecular formula is C24H15FN4O2S. The number of benzene rings is 3. The zero-order chi connectivity index (χ0) is 22.1. The molecule has 0 saturated carbocycles.